The van der Waals surface area contributed by atoms with Gasteiger partial charge in [0.05, 0.1) is 7.11 Å². The standard InChI is InChI=1S/C10H19NO2/c1-8-4-3-6-10(11,7-5-8)9(12)13-2/h8H,3-7,11H2,1-2H3/t8-,10-/m0/s1. The molecular formula is C10H19NO2. The van der Waals surface area contributed by atoms with Crippen LogP contribution in [0.4, 0.5) is 0 Å². The first-order chi connectivity index (χ1) is 6.08. The summed E-state index contributed by atoms with van der Waals surface area (Å²) in [6, 6.07) is 0. The van der Waals surface area contributed by atoms with Gasteiger partial charge in [0.15, 0.2) is 0 Å². The van der Waals surface area contributed by atoms with E-state index >= 15 is 0 Å². The fraction of sp³-hybridized carbons (Fsp3) is 0.900. The lowest BCUT2D eigenvalue weighted by atomic mass is 9.91. The number of carbonyl (C=O) groups is 1. The van der Waals surface area contributed by atoms with E-state index in [1.165, 1.54) is 13.5 Å². The molecule has 0 aromatic carbocycles. The first-order valence-electron chi connectivity index (χ1n) is 4.96. The van der Waals surface area contributed by atoms with Crippen molar-refractivity contribution >= 4 is 5.97 Å². The van der Waals surface area contributed by atoms with E-state index in [9.17, 15) is 4.79 Å². The molecule has 1 aliphatic rings. The SMILES string of the molecule is COC(=O)[C@]1(N)CCC[C@H](C)CC1. The first kappa shape index (κ1) is 10.5. The second-order valence-corrected chi connectivity index (χ2v) is 4.18. The Kier molecular flexibility index (Phi) is 3.31. The Labute approximate surface area is 79.6 Å². The molecule has 1 saturated carbocycles. The minimum absolute atomic E-state index is 0.249. The van der Waals surface area contributed by atoms with Gasteiger partial charge in [-0.25, -0.2) is 0 Å². The number of nitrogens with two attached hydrogens (primary N) is 1. The monoisotopic (exact) mass is 185 g/mol. The summed E-state index contributed by atoms with van der Waals surface area (Å²) in [6.45, 7) is 2.21. The summed E-state index contributed by atoms with van der Waals surface area (Å²) in [7, 11) is 1.41. The van der Waals surface area contributed by atoms with Gasteiger partial charge in [-0.1, -0.05) is 19.8 Å². The Morgan fingerprint density at radius 3 is 2.77 bits per heavy atom. The maximum absolute atomic E-state index is 11.4. The van der Waals surface area contributed by atoms with Crippen LogP contribution in [0, 0.1) is 5.92 Å². The van der Waals surface area contributed by atoms with Gasteiger partial charge in [0.1, 0.15) is 5.54 Å². The summed E-state index contributed by atoms with van der Waals surface area (Å²) in [5.74, 6) is 0.441. The Hall–Kier alpha value is -0.570. The lowest BCUT2D eigenvalue weighted by Crippen LogP contribution is -2.48. The number of rotatable bonds is 1. The highest BCUT2D eigenvalue weighted by molar-refractivity contribution is 5.80. The van der Waals surface area contributed by atoms with Crippen LogP contribution in [-0.2, 0) is 9.53 Å². The van der Waals surface area contributed by atoms with E-state index < -0.39 is 5.54 Å². The summed E-state index contributed by atoms with van der Waals surface area (Å²) < 4.78 is 4.72. The second kappa shape index (κ2) is 4.09. The molecule has 0 spiro atoms. The first-order valence-corrected chi connectivity index (χ1v) is 4.96. The number of hydrogen-bond donors (Lipinski definition) is 1. The van der Waals surface area contributed by atoms with Gasteiger partial charge in [-0.2, -0.15) is 0 Å². The molecule has 0 bridgehead atoms. The largest absolute Gasteiger partial charge is 0.468 e. The van der Waals surface area contributed by atoms with Gasteiger partial charge in [-0.05, 0) is 25.2 Å². The Morgan fingerprint density at radius 1 is 1.46 bits per heavy atom. The topological polar surface area (TPSA) is 52.3 Å². The molecule has 1 fully saturated rings. The van der Waals surface area contributed by atoms with Crippen LogP contribution >= 0.6 is 0 Å². The zero-order valence-corrected chi connectivity index (χ0v) is 8.51. The van der Waals surface area contributed by atoms with Crippen LogP contribution in [-0.4, -0.2) is 18.6 Å². The average molecular weight is 185 g/mol. The van der Waals surface area contributed by atoms with E-state index in [-0.39, 0.29) is 5.97 Å². The normalized spacial score (nSPS) is 35.2. The van der Waals surface area contributed by atoms with Gasteiger partial charge >= 0.3 is 5.97 Å². The van der Waals surface area contributed by atoms with Crippen molar-refractivity contribution in [2.75, 3.05) is 7.11 Å². The molecule has 0 aromatic heterocycles. The number of ether oxygens (including phenoxy) is 1. The molecule has 0 heterocycles. The zero-order valence-electron chi connectivity index (χ0n) is 8.51. The summed E-state index contributed by atoms with van der Waals surface area (Å²) in [5, 5.41) is 0. The minimum atomic E-state index is -0.709. The van der Waals surface area contributed by atoms with Crippen molar-refractivity contribution in [1.29, 1.82) is 0 Å². The van der Waals surface area contributed by atoms with E-state index in [0.29, 0.717) is 5.92 Å². The molecule has 0 aliphatic heterocycles. The summed E-state index contributed by atoms with van der Waals surface area (Å²) >= 11 is 0. The molecule has 0 saturated heterocycles. The smallest absolute Gasteiger partial charge is 0.325 e. The molecule has 13 heavy (non-hydrogen) atoms. The van der Waals surface area contributed by atoms with Crippen LogP contribution in [0.1, 0.15) is 39.0 Å². The highest BCUT2D eigenvalue weighted by atomic mass is 16.5. The number of hydrogen-bond acceptors (Lipinski definition) is 3. The molecule has 0 unspecified atom stereocenters. The van der Waals surface area contributed by atoms with Crippen molar-refractivity contribution in [2.45, 2.75) is 44.6 Å². The van der Waals surface area contributed by atoms with Crippen LogP contribution in [0.25, 0.3) is 0 Å². The third-order valence-electron chi connectivity index (χ3n) is 2.99. The molecule has 76 valence electrons. The van der Waals surface area contributed by atoms with Crippen molar-refractivity contribution in [2.24, 2.45) is 11.7 Å². The fourth-order valence-electron chi connectivity index (χ4n) is 1.95. The quantitative estimate of drug-likeness (QED) is 0.497. The molecule has 2 N–H and O–H groups in total. The summed E-state index contributed by atoms with van der Waals surface area (Å²) in [4.78, 5) is 11.4. The van der Waals surface area contributed by atoms with Gasteiger partial charge in [0, 0.05) is 0 Å². The van der Waals surface area contributed by atoms with E-state index in [4.69, 9.17) is 10.5 Å². The highest BCUT2D eigenvalue weighted by Crippen LogP contribution is 2.29. The molecule has 1 aliphatic carbocycles. The third kappa shape index (κ3) is 2.44. The molecule has 3 nitrogen and oxygen atoms in total. The average Bonchev–Trinajstić information content (AvgIpc) is 2.28. The van der Waals surface area contributed by atoms with Crippen LogP contribution in [0.5, 0.6) is 0 Å². The van der Waals surface area contributed by atoms with Crippen LogP contribution in [0.15, 0.2) is 0 Å². The summed E-state index contributed by atoms with van der Waals surface area (Å²) in [6.07, 6.45) is 4.78. The van der Waals surface area contributed by atoms with Crippen LogP contribution in [0.3, 0.4) is 0 Å². The lowest BCUT2D eigenvalue weighted by Gasteiger charge is -2.24. The molecule has 0 amide bonds. The van der Waals surface area contributed by atoms with E-state index in [1.54, 1.807) is 0 Å². The van der Waals surface area contributed by atoms with Gasteiger partial charge in [0.2, 0.25) is 0 Å². The Morgan fingerprint density at radius 2 is 2.15 bits per heavy atom. The van der Waals surface area contributed by atoms with Gasteiger partial charge in [-0.3, -0.25) is 4.79 Å². The Balaban J connectivity index is 2.62. The van der Waals surface area contributed by atoms with Crippen molar-refractivity contribution < 1.29 is 9.53 Å². The van der Waals surface area contributed by atoms with E-state index in [2.05, 4.69) is 6.92 Å². The zero-order chi connectivity index (χ0) is 9.90. The second-order valence-electron chi connectivity index (χ2n) is 4.18. The van der Waals surface area contributed by atoms with Crippen molar-refractivity contribution in [3.05, 3.63) is 0 Å². The number of carbonyl (C=O) groups excluding carboxylic acids is 1. The van der Waals surface area contributed by atoms with Gasteiger partial charge in [0.25, 0.3) is 0 Å². The Bertz CT molecular complexity index is 193. The fourth-order valence-corrected chi connectivity index (χ4v) is 1.95. The van der Waals surface area contributed by atoms with Gasteiger partial charge in [-0.15, -0.1) is 0 Å². The number of esters is 1. The summed E-state index contributed by atoms with van der Waals surface area (Å²) in [5.41, 5.74) is 5.29. The number of methoxy groups -OCH3 is 1. The highest BCUT2D eigenvalue weighted by Gasteiger charge is 2.36. The van der Waals surface area contributed by atoms with Crippen molar-refractivity contribution in [3.63, 3.8) is 0 Å². The maximum Gasteiger partial charge on any atom is 0.325 e. The van der Waals surface area contributed by atoms with Crippen LogP contribution < -0.4 is 5.73 Å². The van der Waals surface area contributed by atoms with Gasteiger partial charge < -0.3 is 10.5 Å². The predicted octanol–water partition coefficient (Wildman–Crippen LogP) is 1.46. The lowest BCUT2D eigenvalue weighted by molar-refractivity contribution is -0.147. The minimum Gasteiger partial charge on any atom is -0.468 e. The molecule has 1 rings (SSSR count). The molecular weight excluding hydrogens is 166 g/mol. The van der Waals surface area contributed by atoms with Crippen LogP contribution in [0.2, 0.25) is 0 Å². The van der Waals surface area contributed by atoms with Crippen molar-refractivity contribution in [3.8, 4) is 0 Å². The molecule has 0 aromatic rings. The maximum atomic E-state index is 11.4. The molecule has 0 radical (unpaired) electrons. The van der Waals surface area contributed by atoms with E-state index in [0.717, 1.165) is 25.7 Å². The molecule has 3 heteroatoms. The van der Waals surface area contributed by atoms with Crippen molar-refractivity contribution in [1.82, 2.24) is 0 Å². The van der Waals surface area contributed by atoms with E-state index in [1.807, 2.05) is 0 Å². The molecule has 2 atom stereocenters. The predicted molar refractivity (Wildman–Crippen MR) is 51.2 cm³/mol. The third-order valence-corrected chi connectivity index (χ3v) is 2.99.